The Morgan fingerprint density at radius 3 is 2.37 bits per heavy atom. The van der Waals surface area contributed by atoms with Gasteiger partial charge in [-0.05, 0) is 93.5 Å². The molecule has 8 nitrogen and oxygen atoms in total. The lowest BCUT2D eigenvalue weighted by molar-refractivity contribution is -0.179. The second-order valence-electron chi connectivity index (χ2n) is 15.3. The molecule has 10 heteroatoms. The van der Waals surface area contributed by atoms with Gasteiger partial charge in [-0.1, -0.05) is 53.2 Å². The van der Waals surface area contributed by atoms with Crippen LogP contribution in [0.4, 0.5) is 0 Å². The second-order valence-corrected chi connectivity index (χ2v) is 22.1. The van der Waals surface area contributed by atoms with Gasteiger partial charge in [0.25, 0.3) is 0 Å². The van der Waals surface area contributed by atoms with Gasteiger partial charge in [0, 0.05) is 16.9 Å². The first-order chi connectivity index (χ1) is 19.8. The van der Waals surface area contributed by atoms with Crippen molar-refractivity contribution >= 4 is 27.5 Å². The molecule has 43 heavy (non-hydrogen) atoms. The van der Waals surface area contributed by atoms with Gasteiger partial charge in [-0.2, -0.15) is 0 Å². The van der Waals surface area contributed by atoms with Crippen molar-refractivity contribution in [2.24, 2.45) is 34.5 Å². The Morgan fingerprint density at radius 1 is 1.16 bits per heavy atom. The average molecular weight is 639 g/mol. The Morgan fingerprint density at radius 2 is 1.79 bits per heavy atom. The molecule has 0 aromatic rings. The lowest BCUT2D eigenvalue weighted by Crippen LogP contribution is -2.64. The van der Waals surface area contributed by atoms with Crippen molar-refractivity contribution < 1.29 is 37.5 Å². The van der Waals surface area contributed by atoms with Gasteiger partial charge in [0.1, 0.15) is 18.6 Å². The maximum Gasteiger partial charge on any atom is 0.356 e. The van der Waals surface area contributed by atoms with Gasteiger partial charge in [-0.15, -0.1) is 0 Å². The molecule has 1 N–H and O–H groups in total. The monoisotopic (exact) mass is 638 g/mol. The predicted octanol–water partition coefficient (Wildman–Crippen LogP) is 7.08. The van der Waals surface area contributed by atoms with Gasteiger partial charge in [0.15, 0.2) is 19.9 Å². The number of rotatable bonds is 11. The number of hydrogen-bond acceptors (Lipinski definition) is 8. The first-order valence-electron chi connectivity index (χ1n) is 16.1. The fraction of sp³-hybridized carbons (Fsp3) is 0.818. The van der Waals surface area contributed by atoms with Crippen molar-refractivity contribution in [3.8, 4) is 0 Å². The predicted molar refractivity (Wildman–Crippen MR) is 170 cm³/mol. The molecular weight excluding hydrogens is 583 g/mol. The van der Waals surface area contributed by atoms with Crippen LogP contribution in [0.25, 0.3) is 0 Å². The lowest BCUT2D eigenvalue weighted by Gasteiger charge is -2.62. The molecule has 0 aromatic carbocycles. The fourth-order valence-corrected chi connectivity index (χ4v) is 11.4. The zero-order chi connectivity index (χ0) is 32.2. The van der Waals surface area contributed by atoms with Crippen LogP contribution < -0.4 is 0 Å². The summed E-state index contributed by atoms with van der Waals surface area (Å²) >= 11 is 0. The van der Waals surface area contributed by atoms with Gasteiger partial charge in [-0.25, -0.2) is 0 Å². The molecule has 0 amide bonds. The van der Waals surface area contributed by atoms with Crippen LogP contribution in [0, 0.1) is 34.5 Å². The summed E-state index contributed by atoms with van der Waals surface area (Å²) in [7, 11) is -5.74. The molecule has 3 fully saturated rings. The number of ether oxygens (including phenoxy) is 1. The minimum atomic E-state index is -3.48. The van der Waals surface area contributed by atoms with Crippen LogP contribution in [0.3, 0.4) is 0 Å². The number of hydrogen-bond donors (Lipinski definition) is 1. The Labute approximate surface area is 260 Å². The van der Waals surface area contributed by atoms with Crippen molar-refractivity contribution in [1.29, 1.82) is 0 Å². The quantitative estimate of drug-likeness (QED) is 0.189. The molecule has 3 saturated carbocycles. The normalized spacial score (nSPS) is 37.9. The van der Waals surface area contributed by atoms with Crippen molar-refractivity contribution in [2.75, 3.05) is 26.2 Å². The maximum atomic E-state index is 13.9. The summed E-state index contributed by atoms with van der Waals surface area (Å²) in [6.45, 7) is 21.2. The van der Waals surface area contributed by atoms with Gasteiger partial charge >= 0.3 is 7.60 Å². The molecule has 0 heterocycles. The van der Waals surface area contributed by atoms with Gasteiger partial charge in [-0.3, -0.25) is 14.2 Å². The van der Waals surface area contributed by atoms with Crippen molar-refractivity contribution in [3.63, 3.8) is 0 Å². The van der Waals surface area contributed by atoms with E-state index in [1.165, 1.54) is 5.57 Å². The highest BCUT2D eigenvalue weighted by Crippen LogP contribution is 2.68. The molecular formula is C33H55O8PSi. The first kappa shape index (κ1) is 34.9. The number of aliphatic hydroxyl groups is 1. The topological polar surface area (TPSA) is 108 Å². The Bertz CT molecular complexity index is 1200. The van der Waals surface area contributed by atoms with E-state index in [4.69, 9.17) is 18.2 Å². The molecule has 0 radical (unpaired) electrons. The molecule has 0 unspecified atom stereocenters. The van der Waals surface area contributed by atoms with Crippen LogP contribution in [0.5, 0.6) is 0 Å². The zero-order valence-electron chi connectivity index (χ0n) is 28.0. The van der Waals surface area contributed by atoms with Crippen LogP contribution >= 0.6 is 7.60 Å². The number of Topliss-reactive ketones (excluding diaryl/α,β-unsaturated/α-hetero) is 1. The summed E-state index contributed by atoms with van der Waals surface area (Å²) in [5.41, 5.74) is -1.48. The largest absolute Gasteiger partial charge is 0.414 e. The fourth-order valence-electron chi connectivity index (χ4n) is 8.72. The van der Waals surface area contributed by atoms with Crippen molar-refractivity contribution in [2.45, 2.75) is 111 Å². The highest BCUT2D eigenvalue weighted by Gasteiger charge is 2.69. The third kappa shape index (κ3) is 6.02. The standard InChI is InChI=1S/C33H55O8PSi/c1-11-39-42(37,40-12-2)21-38-20-28(35)33(36)16-14-25-24-17-22(3)26-18-23(34)13-15-31(26,7)29(24)27(19-32(25,33)8)41-43(9,10)30(4,5)6/h13,15,18,22,24-25,27,29,36H,11-12,14,16-17,19-21H2,1-10H3/t22-,24-,25-,27-,29+,31-,32-,33-/m0/s1. The van der Waals surface area contributed by atoms with Crippen LogP contribution in [0.2, 0.25) is 18.1 Å². The molecule has 0 saturated heterocycles. The van der Waals surface area contributed by atoms with Crippen molar-refractivity contribution in [1.82, 2.24) is 0 Å². The zero-order valence-corrected chi connectivity index (χ0v) is 29.9. The van der Waals surface area contributed by atoms with Crippen molar-refractivity contribution in [3.05, 3.63) is 23.8 Å². The van der Waals surface area contributed by atoms with E-state index in [1.807, 2.05) is 6.08 Å². The van der Waals surface area contributed by atoms with E-state index < -0.39 is 26.9 Å². The van der Waals surface area contributed by atoms with Crippen LogP contribution in [-0.2, 0) is 32.4 Å². The number of carbonyl (C=O) groups is 2. The minimum absolute atomic E-state index is 0.0230. The van der Waals surface area contributed by atoms with E-state index in [2.05, 4.69) is 60.7 Å². The smallest absolute Gasteiger partial charge is 0.356 e. The Hall–Kier alpha value is -0.933. The highest BCUT2D eigenvalue weighted by molar-refractivity contribution is 7.53. The third-order valence-electron chi connectivity index (χ3n) is 11.8. The van der Waals surface area contributed by atoms with Crippen LogP contribution in [0.15, 0.2) is 23.8 Å². The number of allylic oxidation sites excluding steroid dienone is 4. The molecule has 4 rings (SSSR count). The highest BCUT2D eigenvalue weighted by atomic mass is 31.2. The molecule has 4 aliphatic carbocycles. The molecule has 0 aliphatic heterocycles. The number of carbonyl (C=O) groups excluding carboxylic acids is 2. The Balaban J connectivity index is 1.69. The summed E-state index contributed by atoms with van der Waals surface area (Å²) < 4.78 is 36.5. The maximum absolute atomic E-state index is 13.9. The lowest BCUT2D eigenvalue weighted by atomic mass is 9.45. The van der Waals surface area contributed by atoms with E-state index in [1.54, 1.807) is 19.9 Å². The van der Waals surface area contributed by atoms with E-state index in [0.29, 0.717) is 12.8 Å². The summed E-state index contributed by atoms with van der Waals surface area (Å²) in [6.07, 6.45) is 7.64. The Kier molecular flexibility index (Phi) is 9.76. The summed E-state index contributed by atoms with van der Waals surface area (Å²) in [6, 6.07) is 0. The number of ketones is 2. The third-order valence-corrected chi connectivity index (χ3v) is 18.1. The SMILES string of the molecule is CCOP(=O)(COCC(=O)[C@@]1(O)CC[C@H]2[C@@H]3C[C@H](C)C4=CC(=O)C=C[C@]4(C)[C@H]3[C@@H](O[Si](C)(C)C(C)(C)C)C[C@@]21C)OCC. The van der Waals surface area contributed by atoms with Gasteiger partial charge in [0.2, 0.25) is 0 Å². The van der Waals surface area contributed by atoms with Gasteiger partial charge in [0.05, 0.1) is 13.2 Å². The van der Waals surface area contributed by atoms with E-state index in [-0.39, 0.29) is 78.0 Å². The molecule has 0 aromatic heterocycles. The minimum Gasteiger partial charge on any atom is -0.414 e. The van der Waals surface area contributed by atoms with E-state index in [0.717, 1.165) is 12.8 Å². The van der Waals surface area contributed by atoms with Crippen LogP contribution in [0.1, 0.15) is 81.1 Å². The second kappa shape index (κ2) is 12.0. The van der Waals surface area contributed by atoms with E-state index >= 15 is 0 Å². The molecule has 8 atom stereocenters. The van der Waals surface area contributed by atoms with Crippen LogP contribution in [-0.4, -0.2) is 62.9 Å². The van der Waals surface area contributed by atoms with E-state index in [9.17, 15) is 19.3 Å². The number of fused-ring (bicyclic) bond motifs is 5. The molecule has 4 aliphatic rings. The molecule has 0 spiro atoms. The summed E-state index contributed by atoms with van der Waals surface area (Å²) in [5.74, 6) is 0.302. The molecule has 0 bridgehead atoms. The summed E-state index contributed by atoms with van der Waals surface area (Å²) in [5, 5.41) is 12.3. The van der Waals surface area contributed by atoms with Gasteiger partial charge < -0.3 is 23.3 Å². The summed E-state index contributed by atoms with van der Waals surface area (Å²) in [4.78, 5) is 26.4. The molecule has 244 valence electrons. The first-order valence-corrected chi connectivity index (χ1v) is 20.8. The average Bonchev–Trinajstić information content (AvgIpc) is 3.15.